The summed E-state index contributed by atoms with van der Waals surface area (Å²) in [6.07, 6.45) is 0.123. The lowest BCUT2D eigenvalue weighted by Gasteiger charge is -2.22. The van der Waals surface area contributed by atoms with Gasteiger partial charge in [-0.15, -0.1) is 0 Å². The maximum atomic E-state index is 10.1. The quantitative estimate of drug-likeness (QED) is 0.803. The third-order valence-electron chi connectivity index (χ3n) is 2.61. The van der Waals surface area contributed by atoms with E-state index in [-0.39, 0.29) is 6.04 Å². The number of nitrogens with two attached hydrogens (primary N) is 1. The summed E-state index contributed by atoms with van der Waals surface area (Å²) in [4.78, 5) is 0. The van der Waals surface area contributed by atoms with E-state index >= 15 is 0 Å². The number of hydrogen-bond acceptors (Lipinski definition) is 3. The van der Waals surface area contributed by atoms with Crippen LogP contribution >= 0.6 is 0 Å². The van der Waals surface area contributed by atoms with Crippen LogP contribution in [0.3, 0.4) is 0 Å². The van der Waals surface area contributed by atoms with Gasteiger partial charge in [-0.25, -0.2) is 0 Å². The van der Waals surface area contributed by atoms with Crippen LogP contribution in [-0.4, -0.2) is 18.3 Å². The Hall–Kier alpha value is -1.06. The second kappa shape index (κ2) is 5.87. The highest BCUT2D eigenvalue weighted by molar-refractivity contribution is 5.35. The molecule has 0 radical (unpaired) electrons. The average molecular weight is 223 g/mol. The summed E-state index contributed by atoms with van der Waals surface area (Å²) < 4.78 is 5.21. The Bertz CT molecular complexity index is 325. The number of aliphatic hydroxyl groups excluding tert-OH is 1. The molecule has 3 heteroatoms. The van der Waals surface area contributed by atoms with Crippen molar-refractivity contribution in [1.82, 2.24) is 0 Å². The summed E-state index contributed by atoms with van der Waals surface area (Å²) in [6.45, 7) is 4.18. The average Bonchev–Trinajstić information content (AvgIpc) is 2.27. The molecule has 3 N–H and O–H groups in total. The standard InChI is InChI=1S/C13H21NO2/c1-9(2)8-11(14)13(15)10-6-4-5-7-12(10)16-3/h4-7,9,11,13,15H,8,14H2,1-3H3. The minimum Gasteiger partial charge on any atom is -0.496 e. The predicted octanol–water partition coefficient (Wildman–Crippen LogP) is 2.10. The van der Waals surface area contributed by atoms with Gasteiger partial charge in [-0.3, -0.25) is 0 Å². The number of aliphatic hydroxyl groups is 1. The molecule has 0 aliphatic heterocycles. The van der Waals surface area contributed by atoms with Crippen LogP contribution in [0.15, 0.2) is 24.3 Å². The Morgan fingerprint density at radius 1 is 1.31 bits per heavy atom. The molecule has 0 fully saturated rings. The van der Waals surface area contributed by atoms with Crippen molar-refractivity contribution in [3.8, 4) is 5.75 Å². The minimum atomic E-state index is -0.668. The molecule has 2 unspecified atom stereocenters. The molecule has 0 aliphatic carbocycles. The summed E-state index contributed by atoms with van der Waals surface area (Å²) in [6, 6.07) is 7.19. The van der Waals surface area contributed by atoms with Gasteiger partial charge < -0.3 is 15.6 Å². The van der Waals surface area contributed by atoms with E-state index in [1.165, 1.54) is 0 Å². The molecule has 3 nitrogen and oxygen atoms in total. The van der Waals surface area contributed by atoms with E-state index in [9.17, 15) is 5.11 Å². The topological polar surface area (TPSA) is 55.5 Å². The van der Waals surface area contributed by atoms with Crippen molar-refractivity contribution in [2.24, 2.45) is 11.7 Å². The van der Waals surface area contributed by atoms with Crippen LogP contribution in [0.4, 0.5) is 0 Å². The molecule has 1 rings (SSSR count). The molecule has 0 amide bonds. The number of methoxy groups -OCH3 is 1. The highest BCUT2D eigenvalue weighted by Gasteiger charge is 2.20. The molecule has 0 saturated heterocycles. The van der Waals surface area contributed by atoms with Crippen molar-refractivity contribution in [2.75, 3.05) is 7.11 Å². The van der Waals surface area contributed by atoms with E-state index in [2.05, 4.69) is 13.8 Å². The zero-order chi connectivity index (χ0) is 12.1. The van der Waals surface area contributed by atoms with Crippen molar-refractivity contribution in [2.45, 2.75) is 32.4 Å². The lowest BCUT2D eigenvalue weighted by molar-refractivity contribution is 0.132. The highest BCUT2D eigenvalue weighted by atomic mass is 16.5. The Balaban J connectivity index is 2.82. The Labute approximate surface area is 97.2 Å². The predicted molar refractivity (Wildman–Crippen MR) is 65.4 cm³/mol. The van der Waals surface area contributed by atoms with Gasteiger partial charge in [0.05, 0.1) is 13.2 Å². The molecule has 0 aliphatic rings. The van der Waals surface area contributed by atoms with Crippen LogP contribution in [-0.2, 0) is 0 Å². The van der Waals surface area contributed by atoms with Gasteiger partial charge in [0.25, 0.3) is 0 Å². The lowest BCUT2D eigenvalue weighted by atomic mass is 9.95. The molecule has 0 spiro atoms. The number of para-hydroxylation sites is 1. The van der Waals surface area contributed by atoms with E-state index in [0.717, 1.165) is 12.0 Å². The largest absolute Gasteiger partial charge is 0.496 e. The number of rotatable bonds is 5. The van der Waals surface area contributed by atoms with Gasteiger partial charge in [0.15, 0.2) is 0 Å². The molecular formula is C13H21NO2. The molecule has 1 aromatic carbocycles. The van der Waals surface area contributed by atoms with Crippen LogP contribution in [0, 0.1) is 5.92 Å². The van der Waals surface area contributed by atoms with Crippen molar-refractivity contribution < 1.29 is 9.84 Å². The van der Waals surface area contributed by atoms with Crippen LogP contribution in [0.5, 0.6) is 5.75 Å². The molecule has 16 heavy (non-hydrogen) atoms. The molecule has 1 aromatic rings. The van der Waals surface area contributed by atoms with Gasteiger partial charge >= 0.3 is 0 Å². The summed E-state index contributed by atoms with van der Waals surface area (Å²) >= 11 is 0. The monoisotopic (exact) mass is 223 g/mol. The van der Waals surface area contributed by atoms with Gasteiger partial charge in [0, 0.05) is 11.6 Å². The van der Waals surface area contributed by atoms with Crippen molar-refractivity contribution in [3.63, 3.8) is 0 Å². The lowest BCUT2D eigenvalue weighted by Crippen LogP contribution is -2.30. The van der Waals surface area contributed by atoms with Crippen molar-refractivity contribution in [3.05, 3.63) is 29.8 Å². The maximum Gasteiger partial charge on any atom is 0.124 e. The number of benzene rings is 1. The second-order valence-corrected chi connectivity index (χ2v) is 4.48. The van der Waals surface area contributed by atoms with Crippen LogP contribution in [0.1, 0.15) is 31.9 Å². The molecule has 0 bridgehead atoms. The molecular weight excluding hydrogens is 202 g/mol. The van der Waals surface area contributed by atoms with Gasteiger partial charge in [-0.2, -0.15) is 0 Å². The van der Waals surface area contributed by atoms with E-state index in [1.807, 2.05) is 24.3 Å². The van der Waals surface area contributed by atoms with E-state index in [0.29, 0.717) is 11.7 Å². The van der Waals surface area contributed by atoms with Crippen LogP contribution < -0.4 is 10.5 Å². The van der Waals surface area contributed by atoms with Gasteiger partial charge in [0.2, 0.25) is 0 Å². The first kappa shape index (κ1) is 13.0. The smallest absolute Gasteiger partial charge is 0.124 e. The van der Waals surface area contributed by atoms with Crippen LogP contribution in [0.2, 0.25) is 0 Å². The van der Waals surface area contributed by atoms with E-state index < -0.39 is 6.10 Å². The zero-order valence-electron chi connectivity index (χ0n) is 10.2. The second-order valence-electron chi connectivity index (χ2n) is 4.48. The molecule has 2 atom stereocenters. The summed E-state index contributed by atoms with van der Waals surface area (Å²) in [5.41, 5.74) is 6.73. The molecule has 0 heterocycles. The third-order valence-corrected chi connectivity index (χ3v) is 2.61. The summed E-state index contributed by atoms with van der Waals surface area (Å²) in [5, 5.41) is 10.1. The fraction of sp³-hybridized carbons (Fsp3) is 0.538. The maximum absolute atomic E-state index is 10.1. The first-order chi connectivity index (χ1) is 7.56. The van der Waals surface area contributed by atoms with Gasteiger partial charge in [-0.1, -0.05) is 32.0 Å². The summed E-state index contributed by atoms with van der Waals surface area (Å²) in [5.74, 6) is 1.16. The first-order valence-electron chi connectivity index (χ1n) is 5.62. The summed E-state index contributed by atoms with van der Waals surface area (Å²) in [7, 11) is 1.60. The Morgan fingerprint density at radius 3 is 2.50 bits per heavy atom. The fourth-order valence-electron chi connectivity index (χ4n) is 1.81. The van der Waals surface area contributed by atoms with Crippen LogP contribution in [0.25, 0.3) is 0 Å². The molecule has 90 valence electrons. The first-order valence-corrected chi connectivity index (χ1v) is 5.62. The van der Waals surface area contributed by atoms with E-state index in [4.69, 9.17) is 10.5 Å². The highest BCUT2D eigenvalue weighted by Crippen LogP contribution is 2.28. The molecule has 0 aromatic heterocycles. The van der Waals surface area contributed by atoms with E-state index in [1.54, 1.807) is 7.11 Å². The van der Waals surface area contributed by atoms with Crippen molar-refractivity contribution >= 4 is 0 Å². The minimum absolute atomic E-state index is 0.253. The third kappa shape index (κ3) is 3.22. The van der Waals surface area contributed by atoms with Crippen molar-refractivity contribution in [1.29, 1.82) is 0 Å². The SMILES string of the molecule is COc1ccccc1C(O)C(N)CC(C)C. The van der Waals surface area contributed by atoms with Gasteiger partial charge in [0.1, 0.15) is 5.75 Å². The van der Waals surface area contributed by atoms with Gasteiger partial charge in [-0.05, 0) is 18.4 Å². The normalized spacial score (nSPS) is 14.9. The Morgan fingerprint density at radius 2 is 1.94 bits per heavy atom. The fourth-order valence-corrected chi connectivity index (χ4v) is 1.81. The Kier molecular flexibility index (Phi) is 4.77. The molecule has 0 saturated carbocycles. The number of hydrogen-bond donors (Lipinski definition) is 2. The number of ether oxygens (including phenoxy) is 1. The zero-order valence-corrected chi connectivity index (χ0v) is 10.2.